The van der Waals surface area contributed by atoms with Gasteiger partial charge < -0.3 is 26.0 Å². The molecule has 0 radical (unpaired) electrons. The van der Waals surface area contributed by atoms with Gasteiger partial charge in [-0.15, -0.1) is 0 Å². The number of hydrogen-bond donors (Lipinski definition) is 4. The first-order valence-electron chi connectivity index (χ1n) is 11.2. The van der Waals surface area contributed by atoms with Crippen molar-refractivity contribution >= 4 is 29.1 Å². The SMILES string of the molecule is O=C(O)NCCCC(=O)NCc1ccc(Nc2ccc(N3CCC(C(F)(F)F)CC3)cc2)cc1. The summed E-state index contributed by atoms with van der Waals surface area (Å²) < 4.78 is 38.5. The molecule has 1 saturated heterocycles. The molecule has 1 fully saturated rings. The van der Waals surface area contributed by atoms with E-state index in [0.717, 1.165) is 22.6 Å². The van der Waals surface area contributed by atoms with Gasteiger partial charge in [0.25, 0.3) is 0 Å². The van der Waals surface area contributed by atoms with Gasteiger partial charge in [-0.3, -0.25) is 4.79 Å². The van der Waals surface area contributed by atoms with Crippen molar-refractivity contribution in [3.8, 4) is 0 Å². The Labute approximate surface area is 196 Å². The number of carbonyl (C=O) groups is 2. The van der Waals surface area contributed by atoms with E-state index >= 15 is 0 Å². The number of rotatable bonds is 9. The van der Waals surface area contributed by atoms with Crippen LogP contribution in [-0.4, -0.2) is 42.9 Å². The van der Waals surface area contributed by atoms with Crippen molar-refractivity contribution in [3.63, 3.8) is 0 Å². The lowest BCUT2D eigenvalue weighted by molar-refractivity contribution is -0.179. The zero-order valence-electron chi connectivity index (χ0n) is 18.7. The zero-order chi connectivity index (χ0) is 24.6. The predicted octanol–water partition coefficient (Wildman–Crippen LogP) is 4.87. The summed E-state index contributed by atoms with van der Waals surface area (Å²) in [7, 11) is 0. The predicted molar refractivity (Wildman–Crippen MR) is 124 cm³/mol. The van der Waals surface area contributed by atoms with Gasteiger partial charge in [0, 0.05) is 49.7 Å². The fraction of sp³-hybridized carbons (Fsp3) is 0.417. The second-order valence-electron chi connectivity index (χ2n) is 8.28. The first-order valence-corrected chi connectivity index (χ1v) is 11.2. The number of nitrogens with one attached hydrogen (secondary N) is 3. The minimum absolute atomic E-state index is 0.123. The average molecular weight is 479 g/mol. The van der Waals surface area contributed by atoms with Crippen LogP contribution in [0.4, 0.5) is 35.0 Å². The number of carboxylic acid groups (broad SMARTS) is 1. The Balaban J connectivity index is 1.42. The summed E-state index contributed by atoms with van der Waals surface area (Å²) in [5.41, 5.74) is 3.58. The number of anilines is 3. The highest BCUT2D eigenvalue weighted by atomic mass is 19.4. The van der Waals surface area contributed by atoms with E-state index in [1.165, 1.54) is 0 Å². The van der Waals surface area contributed by atoms with Gasteiger partial charge in [-0.2, -0.15) is 13.2 Å². The minimum Gasteiger partial charge on any atom is -0.465 e. The third kappa shape index (κ3) is 7.86. The molecule has 184 valence electrons. The lowest BCUT2D eigenvalue weighted by Crippen LogP contribution is -2.38. The smallest absolute Gasteiger partial charge is 0.404 e. The number of benzene rings is 2. The van der Waals surface area contributed by atoms with Crippen LogP contribution in [0.15, 0.2) is 48.5 Å². The van der Waals surface area contributed by atoms with E-state index in [4.69, 9.17) is 5.11 Å². The van der Waals surface area contributed by atoms with E-state index < -0.39 is 18.2 Å². The Bertz CT molecular complexity index is 941. The zero-order valence-corrected chi connectivity index (χ0v) is 18.7. The summed E-state index contributed by atoms with van der Waals surface area (Å²) in [5.74, 6) is -1.35. The summed E-state index contributed by atoms with van der Waals surface area (Å²) in [5, 5.41) is 16.8. The van der Waals surface area contributed by atoms with Crippen molar-refractivity contribution < 1.29 is 27.9 Å². The summed E-state index contributed by atoms with van der Waals surface area (Å²) in [6, 6.07) is 15.2. The van der Waals surface area contributed by atoms with E-state index in [0.29, 0.717) is 26.1 Å². The highest BCUT2D eigenvalue weighted by Gasteiger charge is 2.41. The van der Waals surface area contributed by atoms with Crippen molar-refractivity contribution in [2.24, 2.45) is 5.92 Å². The third-order valence-corrected chi connectivity index (χ3v) is 5.78. The lowest BCUT2D eigenvalue weighted by Gasteiger charge is -2.34. The quantitative estimate of drug-likeness (QED) is 0.386. The molecule has 0 atom stereocenters. The second-order valence-corrected chi connectivity index (χ2v) is 8.28. The fourth-order valence-corrected chi connectivity index (χ4v) is 3.83. The van der Waals surface area contributed by atoms with Crippen LogP contribution >= 0.6 is 0 Å². The number of amides is 2. The molecule has 7 nitrogen and oxygen atoms in total. The van der Waals surface area contributed by atoms with Crippen LogP contribution in [0.5, 0.6) is 0 Å². The number of hydrogen-bond acceptors (Lipinski definition) is 4. The highest BCUT2D eigenvalue weighted by Crippen LogP contribution is 2.35. The maximum absolute atomic E-state index is 12.8. The normalized spacial score (nSPS) is 14.5. The number of halogens is 3. The van der Waals surface area contributed by atoms with E-state index in [2.05, 4.69) is 16.0 Å². The first kappa shape index (κ1) is 25.2. The van der Waals surface area contributed by atoms with Gasteiger partial charge in [0.15, 0.2) is 0 Å². The maximum atomic E-state index is 12.8. The molecule has 4 N–H and O–H groups in total. The van der Waals surface area contributed by atoms with E-state index in [1.54, 1.807) is 0 Å². The molecule has 0 aromatic heterocycles. The van der Waals surface area contributed by atoms with E-state index in [9.17, 15) is 22.8 Å². The molecule has 3 rings (SSSR count). The number of carbonyl (C=O) groups excluding carboxylic acids is 1. The molecule has 1 aliphatic rings. The van der Waals surface area contributed by atoms with Gasteiger partial charge in [0.05, 0.1) is 5.92 Å². The molecule has 0 saturated carbocycles. The first-order chi connectivity index (χ1) is 16.2. The average Bonchev–Trinajstić information content (AvgIpc) is 2.81. The summed E-state index contributed by atoms with van der Waals surface area (Å²) in [6.07, 6.45) is -4.28. The molecule has 10 heteroatoms. The summed E-state index contributed by atoms with van der Waals surface area (Å²) in [4.78, 5) is 24.2. The van der Waals surface area contributed by atoms with Crippen LogP contribution in [0.3, 0.4) is 0 Å². The monoisotopic (exact) mass is 478 g/mol. The van der Waals surface area contributed by atoms with Crippen LogP contribution in [0, 0.1) is 5.92 Å². The van der Waals surface area contributed by atoms with Gasteiger partial charge in [0.2, 0.25) is 5.91 Å². The second kappa shape index (κ2) is 11.6. The molecule has 1 heterocycles. The fourth-order valence-electron chi connectivity index (χ4n) is 3.83. The van der Waals surface area contributed by atoms with Gasteiger partial charge in [-0.25, -0.2) is 4.79 Å². The Morgan fingerprint density at radius 3 is 2.09 bits per heavy atom. The van der Waals surface area contributed by atoms with Crippen LogP contribution in [-0.2, 0) is 11.3 Å². The van der Waals surface area contributed by atoms with Crippen molar-refractivity contribution in [2.45, 2.75) is 38.4 Å². The Morgan fingerprint density at radius 1 is 0.941 bits per heavy atom. The molecule has 1 aliphatic heterocycles. The van der Waals surface area contributed by atoms with Gasteiger partial charge in [-0.1, -0.05) is 12.1 Å². The summed E-state index contributed by atoms with van der Waals surface area (Å²) >= 11 is 0. The summed E-state index contributed by atoms with van der Waals surface area (Å²) in [6.45, 7) is 1.41. The molecule has 2 aromatic rings. The molecule has 2 aromatic carbocycles. The molecular formula is C24H29F3N4O3. The van der Waals surface area contributed by atoms with Crippen molar-refractivity contribution in [1.82, 2.24) is 10.6 Å². The Morgan fingerprint density at radius 2 is 1.53 bits per heavy atom. The standard InChI is InChI=1S/C24H29F3N4O3/c25-24(26,27)18-11-14-31(15-12-18)21-9-7-20(8-10-21)30-19-5-3-17(4-6-19)16-29-22(32)2-1-13-28-23(33)34/h3-10,18,28,30H,1-2,11-16H2,(H,29,32)(H,33,34). The Kier molecular flexibility index (Phi) is 8.61. The molecule has 0 spiro atoms. The number of piperidine rings is 1. The van der Waals surface area contributed by atoms with Gasteiger partial charge >= 0.3 is 12.3 Å². The Hall–Kier alpha value is -3.43. The molecular weight excluding hydrogens is 449 g/mol. The lowest BCUT2D eigenvalue weighted by atomic mass is 9.96. The van der Waals surface area contributed by atoms with Crippen LogP contribution in [0.25, 0.3) is 0 Å². The van der Waals surface area contributed by atoms with E-state index in [-0.39, 0.29) is 31.7 Å². The van der Waals surface area contributed by atoms with E-state index in [1.807, 2.05) is 53.4 Å². The highest BCUT2D eigenvalue weighted by molar-refractivity contribution is 5.76. The third-order valence-electron chi connectivity index (χ3n) is 5.78. The number of alkyl halides is 3. The molecule has 2 amide bonds. The van der Waals surface area contributed by atoms with Crippen LogP contribution < -0.4 is 20.9 Å². The molecule has 34 heavy (non-hydrogen) atoms. The van der Waals surface area contributed by atoms with Crippen molar-refractivity contribution in [3.05, 3.63) is 54.1 Å². The van der Waals surface area contributed by atoms with Crippen LogP contribution in [0.2, 0.25) is 0 Å². The minimum atomic E-state index is -4.11. The van der Waals surface area contributed by atoms with Crippen LogP contribution in [0.1, 0.15) is 31.2 Å². The topological polar surface area (TPSA) is 93.7 Å². The maximum Gasteiger partial charge on any atom is 0.404 e. The van der Waals surface area contributed by atoms with Crippen molar-refractivity contribution in [2.75, 3.05) is 29.9 Å². The van der Waals surface area contributed by atoms with Gasteiger partial charge in [0.1, 0.15) is 0 Å². The molecule has 0 bridgehead atoms. The molecule has 0 unspecified atom stereocenters. The van der Waals surface area contributed by atoms with Crippen molar-refractivity contribution in [1.29, 1.82) is 0 Å². The number of nitrogens with zero attached hydrogens (tertiary/aromatic N) is 1. The largest absolute Gasteiger partial charge is 0.465 e. The van der Waals surface area contributed by atoms with Gasteiger partial charge in [-0.05, 0) is 61.2 Å². The molecule has 0 aliphatic carbocycles.